The van der Waals surface area contributed by atoms with Gasteiger partial charge in [-0.05, 0) is 111 Å². The minimum atomic E-state index is -0.404. The topological polar surface area (TPSA) is 114 Å². The summed E-state index contributed by atoms with van der Waals surface area (Å²) < 4.78 is 11.9. The molecule has 1 saturated heterocycles. The average Bonchev–Trinajstić information content (AvgIpc) is 3.95. The first-order valence-electron chi connectivity index (χ1n) is 18.1. The number of nitrogens with one attached hydrogen (secondary N) is 1. The Kier molecular flexibility index (Phi) is 11.7. The maximum Gasteiger partial charge on any atom is 0.252 e. The van der Waals surface area contributed by atoms with Crippen LogP contribution in [0.4, 0.5) is 0 Å². The molecule has 3 aromatic rings. The van der Waals surface area contributed by atoms with Crippen molar-refractivity contribution in [1.82, 2.24) is 15.1 Å². The Hall–Kier alpha value is -4.34. The average molecular weight is 713 g/mol. The maximum atomic E-state index is 14.7. The molecule has 3 amide bonds. The van der Waals surface area contributed by atoms with Crippen molar-refractivity contribution < 1.29 is 23.9 Å². The van der Waals surface area contributed by atoms with Crippen LogP contribution in [0, 0.1) is 20.8 Å². The number of nitrogens with zero attached hydrogens (tertiary/aromatic N) is 2. The third kappa shape index (κ3) is 9.13. The van der Waals surface area contributed by atoms with Gasteiger partial charge in [-0.15, -0.1) is 0 Å². The van der Waals surface area contributed by atoms with Crippen molar-refractivity contribution in [2.75, 3.05) is 32.8 Å². The minimum Gasteiger partial charge on any atom is -0.490 e. The molecule has 3 N–H and O–H groups in total. The molecule has 2 unspecified atom stereocenters. The molecule has 3 aliphatic rings. The summed E-state index contributed by atoms with van der Waals surface area (Å²) in [5, 5.41) is 4.27. The number of rotatable bonds is 15. The fourth-order valence-electron chi connectivity index (χ4n) is 7.19. The van der Waals surface area contributed by atoms with E-state index in [2.05, 4.69) is 35.3 Å². The molecule has 0 aromatic heterocycles. The molecule has 1 aliphatic carbocycles. The number of fused-ring (bicyclic) bond motifs is 2. The summed E-state index contributed by atoms with van der Waals surface area (Å²) in [4.78, 5) is 43.2. The van der Waals surface area contributed by atoms with Gasteiger partial charge in [0.05, 0.1) is 11.1 Å². The van der Waals surface area contributed by atoms with Crippen LogP contribution in [0.2, 0.25) is 5.02 Å². The lowest BCUT2D eigenvalue weighted by molar-refractivity contribution is -0.134. The third-order valence-corrected chi connectivity index (χ3v) is 10.6. The summed E-state index contributed by atoms with van der Waals surface area (Å²) in [6, 6.07) is 20.1. The van der Waals surface area contributed by atoms with Gasteiger partial charge in [-0.3, -0.25) is 14.4 Å². The van der Waals surface area contributed by atoms with Crippen molar-refractivity contribution >= 4 is 34.9 Å². The minimum absolute atomic E-state index is 0.00189. The van der Waals surface area contributed by atoms with Gasteiger partial charge in [0.2, 0.25) is 11.8 Å². The monoisotopic (exact) mass is 712 g/mol. The molecule has 2 bridgehead atoms. The van der Waals surface area contributed by atoms with Crippen LogP contribution in [-0.4, -0.2) is 78.5 Å². The lowest BCUT2D eigenvalue weighted by Crippen LogP contribution is -2.62. The fourth-order valence-corrected chi connectivity index (χ4v) is 7.47. The van der Waals surface area contributed by atoms with Crippen molar-refractivity contribution in [3.8, 4) is 11.5 Å². The molecular weight excluding hydrogens is 664 g/mol. The molecule has 3 aromatic carbocycles. The highest BCUT2D eigenvalue weighted by atomic mass is 35.5. The van der Waals surface area contributed by atoms with Gasteiger partial charge in [0.15, 0.2) is 0 Å². The van der Waals surface area contributed by atoms with Crippen LogP contribution in [0.25, 0.3) is 5.57 Å². The summed E-state index contributed by atoms with van der Waals surface area (Å²) in [5.41, 5.74) is 12.8. The van der Waals surface area contributed by atoms with E-state index in [4.69, 9.17) is 26.8 Å². The smallest absolute Gasteiger partial charge is 0.252 e. The molecule has 0 radical (unpaired) electrons. The lowest BCUT2D eigenvalue weighted by atomic mass is 9.82. The molecule has 9 nitrogen and oxygen atoms in total. The number of nitrogens with two attached hydrogens (primary N) is 1. The number of hydrogen-bond acceptors (Lipinski definition) is 6. The molecule has 51 heavy (non-hydrogen) atoms. The quantitative estimate of drug-likeness (QED) is 0.189. The first-order valence-corrected chi connectivity index (χ1v) is 18.5. The van der Waals surface area contributed by atoms with Crippen LogP contribution in [-0.2, 0) is 20.8 Å². The Balaban J connectivity index is 1.20. The van der Waals surface area contributed by atoms with E-state index in [1.807, 2.05) is 61.2 Å². The Bertz CT molecular complexity index is 1790. The highest BCUT2D eigenvalue weighted by Gasteiger charge is 2.43. The number of carbonyl (C=O) groups excluding carboxylic acids is 3. The van der Waals surface area contributed by atoms with Gasteiger partial charge in [0, 0.05) is 50.1 Å². The van der Waals surface area contributed by atoms with Crippen LogP contribution in [0.5, 0.6) is 11.5 Å². The van der Waals surface area contributed by atoms with Gasteiger partial charge >= 0.3 is 0 Å². The van der Waals surface area contributed by atoms with E-state index in [1.165, 1.54) is 11.1 Å². The van der Waals surface area contributed by atoms with E-state index >= 15 is 0 Å². The number of ether oxygens (including phenoxy) is 2. The molecular formula is C41H49ClN4O5. The van der Waals surface area contributed by atoms with Crippen molar-refractivity contribution in [2.45, 2.75) is 83.8 Å². The second-order valence-electron chi connectivity index (χ2n) is 14.1. The first-order chi connectivity index (χ1) is 24.6. The van der Waals surface area contributed by atoms with Gasteiger partial charge < -0.3 is 30.3 Å². The Labute approximate surface area is 306 Å². The number of amides is 3. The molecule has 270 valence electrons. The number of aryl methyl sites for hydroxylation is 3. The van der Waals surface area contributed by atoms with E-state index in [1.54, 1.807) is 0 Å². The van der Waals surface area contributed by atoms with Gasteiger partial charge in [0.25, 0.3) is 5.91 Å². The van der Waals surface area contributed by atoms with Gasteiger partial charge in [-0.1, -0.05) is 48.0 Å². The summed E-state index contributed by atoms with van der Waals surface area (Å²) >= 11 is 6.37. The Morgan fingerprint density at radius 3 is 2.37 bits per heavy atom. The highest BCUT2D eigenvalue weighted by molar-refractivity contribution is 6.32. The SMILES string of the molecule is Cc1cc(Cl)c(OCCOc2ccc(C3=C(C(=O)N(CCc4ccccc4C)C4CC4)C4CN(C(=O)CCCC(N)=O)CC(C3)N4)cc2)cc1C. The Morgan fingerprint density at radius 1 is 0.922 bits per heavy atom. The number of primary amides is 1. The number of halogens is 1. The van der Waals surface area contributed by atoms with Crippen LogP contribution in [0.15, 0.2) is 66.2 Å². The zero-order valence-electron chi connectivity index (χ0n) is 29.9. The third-order valence-electron chi connectivity index (χ3n) is 10.3. The standard InChI is InChI=1S/C41H49ClN4O5/c1-26-7-4-5-8-29(26)17-18-46(32-13-14-32)41(49)40-34(23-31-24-45(25-36(40)44-31)39(48)10-6-9-38(43)47)30-11-15-33(16-12-30)50-19-20-51-37-22-28(3)27(2)21-35(37)42/h4-5,7-8,11-12,15-16,21-22,31-32,36,44H,6,9-10,13-14,17-20,23-25H2,1-3H3,(H2,43,47). The van der Waals surface area contributed by atoms with Crippen LogP contribution in [0.1, 0.15) is 66.3 Å². The Morgan fingerprint density at radius 2 is 1.65 bits per heavy atom. The molecule has 2 fully saturated rings. The first kappa shape index (κ1) is 36.5. The van der Waals surface area contributed by atoms with Crippen molar-refractivity contribution in [2.24, 2.45) is 5.73 Å². The predicted molar refractivity (Wildman–Crippen MR) is 200 cm³/mol. The summed E-state index contributed by atoms with van der Waals surface area (Å²) in [5.74, 6) is 0.985. The van der Waals surface area contributed by atoms with Gasteiger partial charge in [0.1, 0.15) is 24.7 Å². The maximum absolute atomic E-state index is 14.7. The lowest BCUT2D eigenvalue weighted by Gasteiger charge is -2.45. The van der Waals surface area contributed by atoms with Crippen molar-refractivity contribution in [3.63, 3.8) is 0 Å². The van der Waals surface area contributed by atoms with Crippen molar-refractivity contribution in [1.29, 1.82) is 0 Å². The summed E-state index contributed by atoms with van der Waals surface area (Å²) in [6.45, 7) is 8.44. The van der Waals surface area contributed by atoms with Crippen LogP contribution < -0.4 is 20.5 Å². The van der Waals surface area contributed by atoms with Gasteiger partial charge in [-0.25, -0.2) is 0 Å². The number of benzene rings is 3. The second-order valence-corrected chi connectivity index (χ2v) is 14.5. The molecule has 0 spiro atoms. The number of piperazine rings is 1. The van der Waals surface area contributed by atoms with Crippen molar-refractivity contribution in [3.05, 3.63) is 99.1 Å². The molecule has 10 heteroatoms. The second kappa shape index (κ2) is 16.3. The zero-order chi connectivity index (χ0) is 36.1. The predicted octanol–water partition coefficient (Wildman–Crippen LogP) is 5.94. The normalized spacial score (nSPS) is 18.4. The van der Waals surface area contributed by atoms with E-state index in [0.29, 0.717) is 62.2 Å². The van der Waals surface area contributed by atoms with E-state index in [9.17, 15) is 14.4 Å². The zero-order valence-corrected chi connectivity index (χ0v) is 30.6. The van der Waals surface area contributed by atoms with Crippen LogP contribution in [0.3, 0.4) is 0 Å². The molecule has 2 atom stereocenters. The summed E-state index contributed by atoms with van der Waals surface area (Å²) in [7, 11) is 0. The highest BCUT2D eigenvalue weighted by Crippen LogP contribution is 2.37. The molecule has 2 aliphatic heterocycles. The van der Waals surface area contributed by atoms with Crippen LogP contribution >= 0.6 is 11.6 Å². The largest absolute Gasteiger partial charge is 0.490 e. The van der Waals surface area contributed by atoms with E-state index < -0.39 is 5.91 Å². The van der Waals surface area contributed by atoms with E-state index in [0.717, 1.165) is 47.1 Å². The summed E-state index contributed by atoms with van der Waals surface area (Å²) in [6.07, 6.45) is 4.27. The fraction of sp³-hybridized carbons (Fsp3) is 0.439. The van der Waals surface area contributed by atoms with E-state index in [-0.39, 0.29) is 42.8 Å². The molecule has 1 saturated carbocycles. The van der Waals surface area contributed by atoms with Gasteiger partial charge in [-0.2, -0.15) is 0 Å². The molecule has 6 rings (SSSR count). The number of hydrogen-bond donors (Lipinski definition) is 2. The molecule has 2 heterocycles. The number of carbonyl (C=O) groups is 3.